The summed E-state index contributed by atoms with van der Waals surface area (Å²) in [6, 6.07) is 1.99. The monoisotopic (exact) mass is 210 g/mol. The highest BCUT2D eigenvalue weighted by Gasteiger charge is 2.24. The van der Waals surface area contributed by atoms with Gasteiger partial charge in [0.2, 0.25) is 0 Å². The highest BCUT2D eigenvalue weighted by molar-refractivity contribution is 7.98. The fourth-order valence-electron chi connectivity index (χ4n) is 1.18. The van der Waals surface area contributed by atoms with Crippen LogP contribution in [0, 0.1) is 0 Å². The zero-order chi connectivity index (χ0) is 9.97. The summed E-state index contributed by atoms with van der Waals surface area (Å²) in [5, 5.41) is 4.08. The molecule has 1 heterocycles. The van der Waals surface area contributed by atoms with Crippen molar-refractivity contribution < 1.29 is 4.74 Å². The molecule has 0 unspecified atom stereocenters. The van der Waals surface area contributed by atoms with E-state index in [0.717, 1.165) is 16.5 Å². The maximum atomic E-state index is 5.77. The molecule has 2 rings (SSSR count). The van der Waals surface area contributed by atoms with Gasteiger partial charge in [-0.25, -0.2) is 4.98 Å². The first kappa shape index (κ1) is 9.65. The molecule has 1 aliphatic rings. The number of hydrogen-bond acceptors (Lipinski definition) is 4. The third kappa shape index (κ3) is 2.12. The fourth-order valence-corrected chi connectivity index (χ4v) is 1.56. The first-order valence-corrected chi connectivity index (χ1v) is 5.94. The molecule has 1 N–H and O–H groups in total. The summed E-state index contributed by atoms with van der Waals surface area (Å²) in [4.78, 5) is 4.28. The van der Waals surface area contributed by atoms with E-state index in [1.165, 1.54) is 12.8 Å². The van der Waals surface area contributed by atoms with Crippen molar-refractivity contribution in [2.45, 2.75) is 24.0 Å². The number of aromatic nitrogens is 1. The predicted octanol–water partition coefficient (Wildman–Crippen LogP) is 2.39. The highest BCUT2D eigenvalue weighted by Crippen LogP contribution is 2.33. The number of rotatable bonds is 4. The summed E-state index contributed by atoms with van der Waals surface area (Å²) in [6.07, 6.45) is 6.63. The summed E-state index contributed by atoms with van der Waals surface area (Å²) in [5.74, 6) is 0.925. The van der Waals surface area contributed by atoms with Crippen LogP contribution in [0.1, 0.15) is 12.8 Å². The van der Waals surface area contributed by atoms with Crippen LogP contribution in [0.25, 0.3) is 0 Å². The molecule has 1 aromatic rings. The van der Waals surface area contributed by atoms with E-state index < -0.39 is 0 Å². The molecule has 1 fully saturated rings. The number of hydrogen-bond donors (Lipinski definition) is 1. The Kier molecular flexibility index (Phi) is 2.82. The lowest BCUT2D eigenvalue weighted by molar-refractivity contribution is 0.303. The van der Waals surface area contributed by atoms with Gasteiger partial charge in [0.05, 0.1) is 23.0 Å². The first-order chi connectivity index (χ1) is 6.83. The quantitative estimate of drug-likeness (QED) is 0.774. The van der Waals surface area contributed by atoms with Crippen molar-refractivity contribution in [1.29, 1.82) is 0 Å². The second kappa shape index (κ2) is 4.09. The Morgan fingerprint density at radius 3 is 2.93 bits per heavy atom. The molecule has 0 aromatic carbocycles. The largest absolute Gasteiger partial charge is 0.488 e. The van der Waals surface area contributed by atoms with Crippen LogP contribution in [0.4, 0.5) is 5.69 Å². The van der Waals surface area contributed by atoms with Crippen molar-refractivity contribution in [2.75, 3.05) is 18.6 Å². The first-order valence-electron chi connectivity index (χ1n) is 4.72. The van der Waals surface area contributed by atoms with Gasteiger partial charge >= 0.3 is 0 Å². The lowest BCUT2D eigenvalue weighted by Crippen LogP contribution is -2.01. The third-order valence-electron chi connectivity index (χ3n) is 2.14. The lowest BCUT2D eigenvalue weighted by atomic mass is 10.4. The van der Waals surface area contributed by atoms with Crippen LogP contribution >= 0.6 is 11.8 Å². The molecule has 0 saturated heterocycles. The topological polar surface area (TPSA) is 34.2 Å². The number of thioether (sulfide) groups is 1. The molecule has 0 aliphatic heterocycles. The zero-order valence-electron chi connectivity index (χ0n) is 8.41. The summed E-state index contributed by atoms with van der Waals surface area (Å²) >= 11 is 1.63. The van der Waals surface area contributed by atoms with Crippen LogP contribution in [0.3, 0.4) is 0 Å². The Hall–Kier alpha value is -0.900. The van der Waals surface area contributed by atoms with E-state index in [4.69, 9.17) is 4.74 Å². The van der Waals surface area contributed by atoms with E-state index in [0.29, 0.717) is 6.10 Å². The van der Waals surface area contributed by atoms with Gasteiger partial charge < -0.3 is 10.1 Å². The van der Waals surface area contributed by atoms with Gasteiger partial charge in [0.1, 0.15) is 5.75 Å². The van der Waals surface area contributed by atoms with Crippen LogP contribution in [0.5, 0.6) is 5.75 Å². The molecule has 0 radical (unpaired) electrons. The SMILES string of the molecule is CNc1cnc(SC)cc1OC1CC1. The molecule has 4 heteroatoms. The van der Waals surface area contributed by atoms with Gasteiger partial charge in [-0.3, -0.25) is 0 Å². The molecular weight excluding hydrogens is 196 g/mol. The second-order valence-corrected chi connectivity index (χ2v) is 4.12. The van der Waals surface area contributed by atoms with Gasteiger partial charge in [0.25, 0.3) is 0 Å². The number of ether oxygens (including phenoxy) is 1. The average molecular weight is 210 g/mol. The summed E-state index contributed by atoms with van der Waals surface area (Å²) in [5.41, 5.74) is 0.967. The van der Waals surface area contributed by atoms with Crippen molar-refractivity contribution in [3.8, 4) is 5.75 Å². The van der Waals surface area contributed by atoms with Crippen LogP contribution in [-0.4, -0.2) is 24.4 Å². The van der Waals surface area contributed by atoms with Gasteiger partial charge in [0, 0.05) is 13.1 Å². The molecule has 0 atom stereocenters. The number of nitrogens with zero attached hydrogens (tertiary/aromatic N) is 1. The molecule has 0 bridgehead atoms. The molecule has 14 heavy (non-hydrogen) atoms. The Labute approximate surface area is 88.3 Å². The average Bonchev–Trinajstić information content (AvgIpc) is 3.01. The highest BCUT2D eigenvalue weighted by atomic mass is 32.2. The summed E-state index contributed by atoms with van der Waals surface area (Å²) in [7, 11) is 1.88. The molecule has 1 aliphatic carbocycles. The Balaban J connectivity index is 2.21. The maximum Gasteiger partial charge on any atom is 0.147 e. The van der Waals surface area contributed by atoms with Gasteiger partial charge in [-0.05, 0) is 19.1 Å². The fraction of sp³-hybridized carbons (Fsp3) is 0.500. The van der Waals surface area contributed by atoms with Crippen molar-refractivity contribution in [3.05, 3.63) is 12.3 Å². The van der Waals surface area contributed by atoms with Gasteiger partial charge in [-0.2, -0.15) is 0 Å². The third-order valence-corrected chi connectivity index (χ3v) is 2.78. The number of nitrogens with one attached hydrogen (secondary N) is 1. The van der Waals surface area contributed by atoms with Crippen molar-refractivity contribution >= 4 is 17.4 Å². The molecule has 3 nitrogen and oxygen atoms in total. The van der Waals surface area contributed by atoms with Crippen LogP contribution < -0.4 is 10.1 Å². The van der Waals surface area contributed by atoms with Gasteiger partial charge in [-0.15, -0.1) is 11.8 Å². The molecule has 0 spiro atoms. The van der Waals surface area contributed by atoms with E-state index in [1.54, 1.807) is 11.8 Å². The van der Waals surface area contributed by atoms with E-state index in [9.17, 15) is 0 Å². The van der Waals surface area contributed by atoms with E-state index in [1.807, 2.05) is 25.6 Å². The van der Waals surface area contributed by atoms with Crippen molar-refractivity contribution in [2.24, 2.45) is 0 Å². The van der Waals surface area contributed by atoms with Crippen LogP contribution in [0.2, 0.25) is 0 Å². The molecule has 0 amide bonds. The predicted molar refractivity (Wildman–Crippen MR) is 59.2 cm³/mol. The smallest absolute Gasteiger partial charge is 0.147 e. The summed E-state index contributed by atoms with van der Waals surface area (Å²) < 4.78 is 5.77. The Bertz CT molecular complexity index is 326. The molecular formula is C10H14N2OS. The maximum absolute atomic E-state index is 5.77. The van der Waals surface area contributed by atoms with Gasteiger partial charge in [-0.1, -0.05) is 0 Å². The van der Waals surface area contributed by atoms with Crippen molar-refractivity contribution in [1.82, 2.24) is 4.98 Å². The van der Waals surface area contributed by atoms with E-state index >= 15 is 0 Å². The van der Waals surface area contributed by atoms with E-state index in [2.05, 4.69) is 10.3 Å². The van der Waals surface area contributed by atoms with Gasteiger partial charge in [0.15, 0.2) is 0 Å². The number of anilines is 1. The standard InChI is InChI=1S/C10H14N2OS/c1-11-8-6-12-10(14-2)5-9(8)13-7-3-4-7/h5-7,11H,3-4H2,1-2H3. The summed E-state index contributed by atoms with van der Waals surface area (Å²) in [6.45, 7) is 0. The second-order valence-electron chi connectivity index (χ2n) is 3.29. The lowest BCUT2D eigenvalue weighted by Gasteiger charge is -2.10. The Morgan fingerprint density at radius 1 is 1.57 bits per heavy atom. The van der Waals surface area contributed by atoms with Crippen LogP contribution in [0.15, 0.2) is 17.3 Å². The Morgan fingerprint density at radius 2 is 2.36 bits per heavy atom. The minimum atomic E-state index is 0.430. The minimum Gasteiger partial charge on any atom is -0.488 e. The normalized spacial score (nSPS) is 15.3. The van der Waals surface area contributed by atoms with Crippen LogP contribution in [-0.2, 0) is 0 Å². The minimum absolute atomic E-state index is 0.430. The van der Waals surface area contributed by atoms with E-state index in [-0.39, 0.29) is 0 Å². The molecule has 1 aromatic heterocycles. The van der Waals surface area contributed by atoms with Crippen molar-refractivity contribution in [3.63, 3.8) is 0 Å². The zero-order valence-corrected chi connectivity index (χ0v) is 9.23. The molecule has 1 saturated carbocycles. The molecule has 76 valence electrons. The number of pyridine rings is 1.